The van der Waals surface area contributed by atoms with Crippen LogP contribution in [0.2, 0.25) is 0 Å². The van der Waals surface area contributed by atoms with Gasteiger partial charge in [-0.05, 0) is 68.5 Å². The SMILES string of the molecule is CC(C)(C)c1ccc2c(c1)-c1cc(C(C)(C)C)cc(CC3C=CC=C3)c1C2. The minimum absolute atomic E-state index is 0.162. The van der Waals surface area contributed by atoms with Gasteiger partial charge in [0.1, 0.15) is 0 Å². The van der Waals surface area contributed by atoms with Crippen molar-refractivity contribution in [2.24, 2.45) is 5.92 Å². The molecule has 0 heterocycles. The van der Waals surface area contributed by atoms with Gasteiger partial charge in [-0.2, -0.15) is 0 Å². The first kappa shape index (κ1) is 18.3. The molecule has 0 aromatic heterocycles. The first-order valence-corrected chi connectivity index (χ1v) is 10.3. The first-order chi connectivity index (χ1) is 12.6. The van der Waals surface area contributed by atoms with Crippen molar-refractivity contribution in [2.45, 2.75) is 65.2 Å². The molecular weight excluding hydrogens is 324 g/mol. The van der Waals surface area contributed by atoms with Gasteiger partial charge >= 0.3 is 0 Å². The number of benzene rings is 2. The summed E-state index contributed by atoms with van der Waals surface area (Å²) < 4.78 is 0. The summed E-state index contributed by atoms with van der Waals surface area (Å²) in [7, 11) is 0. The first-order valence-electron chi connectivity index (χ1n) is 10.3. The van der Waals surface area contributed by atoms with E-state index in [9.17, 15) is 0 Å². The largest absolute Gasteiger partial charge is 0.0773 e. The summed E-state index contributed by atoms with van der Waals surface area (Å²) >= 11 is 0. The van der Waals surface area contributed by atoms with Crippen molar-refractivity contribution in [3.63, 3.8) is 0 Å². The molecule has 0 bridgehead atoms. The summed E-state index contributed by atoms with van der Waals surface area (Å²) in [4.78, 5) is 0. The maximum Gasteiger partial charge on any atom is -0.000672 e. The van der Waals surface area contributed by atoms with Gasteiger partial charge in [0.15, 0.2) is 0 Å². The maximum absolute atomic E-state index is 2.48. The van der Waals surface area contributed by atoms with Gasteiger partial charge in [-0.1, -0.05) is 96.2 Å². The molecule has 0 aliphatic heterocycles. The minimum Gasteiger partial charge on any atom is -0.0773 e. The Bertz CT molecular complexity index is 927. The highest BCUT2D eigenvalue weighted by Gasteiger charge is 2.27. The molecule has 4 rings (SSSR count). The fourth-order valence-electron chi connectivity index (χ4n) is 4.30. The Morgan fingerprint density at radius 3 is 2.04 bits per heavy atom. The quantitative estimate of drug-likeness (QED) is 0.458. The average Bonchev–Trinajstić information content (AvgIpc) is 3.20. The maximum atomic E-state index is 2.48. The molecule has 0 saturated heterocycles. The normalized spacial score (nSPS) is 16.1. The Morgan fingerprint density at radius 2 is 1.41 bits per heavy atom. The average molecular weight is 357 g/mol. The molecule has 2 aromatic carbocycles. The lowest BCUT2D eigenvalue weighted by atomic mass is 9.81. The van der Waals surface area contributed by atoms with E-state index in [4.69, 9.17) is 0 Å². The fourth-order valence-corrected chi connectivity index (χ4v) is 4.30. The third-order valence-corrected chi connectivity index (χ3v) is 6.12. The zero-order valence-electron chi connectivity index (χ0n) is 17.7. The molecule has 2 aliphatic rings. The van der Waals surface area contributed by atoms with Crippen molar-refractivity contribution >= 4 is 0 Å². The molecule has 2 aliphatic carbocycles. The van der Waals surface area contributed by atoms with Gasteiger partial charge < -0.3 is 0 Å². The van der Waals surface area contributed by atoms with E-state index in [1.54, 1.807) is 5.56 Å². The van der Waals surface area contributed by atoms with E-state index < -0.39 is 0 Å². The molecule has 0 saturated carbocycles. The van der Waals surface area contributed by atoms with Gasteiger partial charge in [0.25, 0.3) is 0 Å². The molecule has 0 unspecified atom stereocenters. The summed E-state index contributed by atoms with van der Waals surface area (Å²) in [6.07, 6.45) is 11.2. The number of fused-ring (bicyclic) bond motifs is 3. The van der Waals surface area contributed by atoms with Crippen LogP contribution in [0.4, 0.5) is 0 Å². The van der Waals surface area contributed by atoms with Crippen molar-refractivity contribution < 1.29 is 0 Å². The van der Waals surface area contributed by atoms with Gasteiger partial charge in [0, 0.05) is 0 Å². The van der Waals surface area contributed by atoms with Crippen LogP contribution in [-0.4, -0.2) is 0 Å². The summed E-state index contributed by atoms with van der Waals surface area (Å²) in [5, 5.41) is 0. The van der Waals surface area contributed by atoms with E-state index in [2.05, 4.69) is 96.2 Å². The lowest BCUT2D eigenvalue weighted by Gasteiger charge is -2.23. The van der Waals surface area contributed by atoms with Crippen LogP contribution >= 0.6 is 0 Å². The molecule has 0 nitrogen and oxygen atoms in total. The second-order valence-corrected chi connectivity index (χ2v) is 10.3. The molecule has 0 radical (unpaired) electrons. The summed E-state index contributed by atoms with van der Waals surface area (Å²) in [5.41, 5.74) is 10.7. The standard InChI is InChI=1S/C27H32/c1-26(2,3)21-12-11-19-15-23-20(13-18-9-7-8-10-18)14-22(27(4,5)6)17-25(23)24(19)16-21/h7-12,14,16-18H,13,15H2,1-6H3. The van der Waals surface area contributed by atoms with Crippen LogP contribution in [0, 0.1) is 5.92 Å². The van der Waals surface area contributed by atoms with Crippen molar-refractivity contribution in [1.82, 2.24) is 0 Å². The predicted molar refractivity (Wildman–Crippen MR) is 118 cm³/mol. The lowest BCUT2D eigenvalue weighted by Crippen LogP contribution is -2.13. The van der Waals surface area contributed by atoms with Crippen molar-refractivity contribution in [1.29, 1.82) is 0 Å². The third kappa shape index (κ3) is 3.43. The number of hydrogen-bond acceptors (Lipinski definition) is 0. The van der Waals surface area contributed by atoms with Crippen LogP contribution in [0.3, 0.4) is 0 Å². The molecular formula is C27H32. The topological polar surface area (TPSA) is 0 Å². The Kier molecular flexibility index (Phi) is 4.22. The van der Waals surface area contributed by atoms with Gasteiger partial charge in [0.05, 0.1) is 0 Å². The minimum atomic E-state index is 0.162. The van der Waals surface area contributed by atoms with E-state index in [1.807, 2.05) is 0 Å². The second kappa shape index (κ2) is 6.23. The highest BCUT2D eigenvalue weighted by atomic mass is 14.3. The highest BCUT2D eigenvalue weighted by molar-refractivity contribution is 5.79. The summed E-state index contributed by atoms with van der Waals surface area (Å²) in [5.74, 6) is 0.540. The van der Waals surface area contributed by atoms with Crippen molar-refractivity contribution in [3.05, 3.63) is 82.5 Å². The number of hydrogen-bond donors (Lipinski definition) is 0. The van der Waals surface area contributed by atoms with Gasteiger partial charge in [-0.3, -0.25) is 0 Å². The molecule has 0 N–H and O–H groups in total. The second-order valence-electron chi connectivity index (χ2n) is 10.3. The van der Waals surface area contributed by atoms with Crippen LogP contribution in [0.25, 0.3) is 11.1 Å². The number of allylic oxidation sites excluding steroid dienone is 4. The van der Waals surface area contributed by atoms with Crippen molar-refractivity contribution in [3.8, 4) is 11.1 Å². The smallest absolute Gasteiger partial charge is 0.000672 e. The van der Waals surface area contributed by atoms with Gasteiger partial charge in [0.2, 0.25) is 0 Å². The molecule has 0 atom stereocenters. The Labute approximate surface area is 165 Å². The zero-order chi connectivity index (χ0) is 19.4. The Hall–Kier alpha value is -2.08. The van der Waals surface area contributed by atoms with E-state index in [0.717, 1.165) is 12.8 Å². The fraction of sp³-hybridized carbons (Fsp3) is 0.407. The zero-order valence-corrected chi connectivity index (χ0v) is 17.7. The molecule has 140 valence electrons. The molecule has 0 fully saturated rings. The van der Waals surface area contributed by atoms with Gasteiger partial charge in [-0.25, -0.2) is 0 Å². The van der Waals surface area contributed by atoms with E-state index in [1.165, 1.54) is 33.4 Å². The van der Waals surface area contributed by atoms with Gasteiger partial charge in [-0.15, -0.1) is 0 Å². The van der Waals surface area contributed by atoms with E-state index >= 15 is 0 Å². The van der Waals surface area contributed by atoms with Crippen molar-refractivity contribution in [2.75, 3.05) is 0 Å². The molecule has 0 spiro atoms. The Balaban J connectivity index is 1.86. The van der Waals surface area contributed by atoms with Crippen LogP contribution in [0.5, 0.6) is 0 Å². The summed E-state index contributed by atoms with van der Waals surface area (Å²) in [6, 6.07) is 12.1. The number of rotatable bonds is 2. The monoisotopic (exact) mass is 356 g/mol. The molecule has 0 heteroatoms. The predicted octanol–water partition coefficient (Wildman–Crippen LogP) is 7.14. The summed E-state index contributed by atoms with van der Waals surface area (Å²) in [6.45, 7) is 13.9. The lowest BCUT2D eigenvalue weighted by molar-refractivity contribution is 0.588. The van der Waals surface area contributed by atoms with E-state index in [-0.39, 0.29) is 10.8 Å². The van der Waals surface area contributed by atoms with Crippen LogP contribution in [-0.2, 0) is 23.7 Å². The third-order valence-electron chi connectivity index (χ3n) is 6.12. The highest BCUT2D eigenvalue weighted by Crippen LogP contribution is 2.43. The van der Waals surface area contributed by atoms with Crippen LogP contribution in [0.1, 0.15) is 69.4 Å². The van der Waals surface area contributed by atoms with Crippen LogP contribution in [0.15, 0.2) is 54.6 Å². The van der Waals surface area contributed by atoms with E-state index in [0.29, 0.717) is 5.92 Å². The molecule has 0 amide bonds. The Morgan fingerprint density at radius 1 is 0.778 bits per heavy atom. The van der Waals surface area contributed by atoms with Crippen LogP contribution < -0.4 is 0 Å². The molecule has 27 heavy (non-hydrogen) atoms. The molecule has 2 aromatic rings.